The SMILES string of the molecule is CC1CN(CC(Cl)c2ccccc2)CC(C)O1. The fraction of sp³-hybridized carbons (Fsp3) is 0.571. The molecule has 2 nitrogen and oxygen atoms in total. The third-order valence-electron chi connectivity index (χ3n) is 3.07. The van der Waals surface area contributed by atoms with Gasteiger partial charge in [-0.15, -0.1) is 11.6 Å². The molecule has 0 aromatic heterocycles. The molecule has 0 bridgehead atoms. The van der Waals surface area contributed by atoms with Crippen LogP contribution in [0.15, 0.2) is 30.3 Å². The summed E-state index contributed by atoms with van der Waals surface area (Å²) in [6.07, 6.45) is 0.608. The van der Waals surface area contributed by atoms with Crippen molar-refractivity contribution in [2.75, 3.05) is 19.6 Å². The van der Waals surface area contributed by atoms with E-state index in [0.29, 0.717) is 12.2 Å². The number of hydrogen-bond acceptors (Lipinski definition) is 2. The van der Waals surface area contributed by atoms with Crippen LogP contribution in [0.1, 0.15) is 24.8 Å². The van der Waals surface area contributed by atoms with Gasteiger partial charge in [0.1, 0.15) is 0 Å². The fourth-order valence-electron chi connectivity index (χ4n) is 2.43. The van der Waals surface area contributed by atoms with Gasteiger partial charge >= 0.3 is 0 Å². The molecule has 1 aliphatic heterocycles. The number of ether oxygens (including phenoxy) is 1. The Bertz CT molecular complexity index is 333. The third-order valence-corrected chi connectivity index (χ3v) is 3.46. The Morgan fingerprint density at radius 2 is 1.82 bits per heavy atom. The van der Waals surface area contributed by atoms with Crippen molar-refractivity contribution >= 4 is 11.6 Å². The molecule has 0 amide bonds. The third kappa shape index (κ3) is 3.70. The zero-order valence-electron chi connectivity index (χ0n) is 10.5. The molecule has 0 spiro atoms. The highest BCUT2D eigenvalue weighted by Crippen LogP contribution is 2.23. The Morgan fingerprint density at radius 3 is 2.41 bits per heavy atom. The Labute approximate surface area is 109 Å². The minimum Gasteiger partial charge on any atom is -0.373 e. The second kappa shape index (κ2) is 5.85. The maximum Gasteiger partial charge on any atom is 0.0712 e. The average Bonchev–Trinajstić information content (AvgIpc) is 2.28. The van der Waals surface area contributed by atoms with E-state index in [2.05, 4.69) is 30.9 Å². The minimum atomic E-state index is 0.0636. The molecule has 0 radical (unpaired) electrons. The van der Waals surface area contributed by atoms with E-state index in [1.54, 1.807) is 0 Å². The lowest BCUT2D eigenvalue weighted by Crippen LogP contribution is -2.46. The van der Waals surface area contributed by atoms with Crippen LogP contribution in [0.3, 0.4) is 0 Å². The van der Waals surface area contributed by atoms with Crippen LogP contribution in [0.5, 0.6) is 0 Å². The van der Waals surface area contributed by atoms with Crippen molar-refractivity contribution in [2.24, 2.45) is 0 Å². The van der Waals surface area contributed by atoms with Crippen molar-refractivity contribution in [1.82, 2.24) is 4.90 Å². The molecule has 0 saturated carbocycles. The second-order valence-electron chi connectivity index (χ2n) is 4.85. The van der Waals surface area contributed by atoms with Gasteiger partial charge in [-0.25, -0.2) is 0 Å². The Balaban J connectivity index is 1.92. The number of nitrogens with zero attached hydrogens (tertiary/aromatic N) is 1. The van der Waals surface area contributed by atoms with Crippen molar-refractivity contribution in [3.05, 3.63) is 35.9 Å². The van der Waals surface area contributed by atoms with E-state index in [1.165, 1.54) is 5.56 Å². The van der Waals surface area contributed by atoms with E-state index in [4.69, 9.17) is 16.3 Å². The number of rotatable bonds is 3. The lowest BCUT2D eigenvalue weighted by atomic mass is 10.1. The summed E-state index contributed by atoms with van der Waals surface area (Å²) >= 11 is 6.45. The molecule has 1 saturated heterocycles. The van der Waals surface area contributed by atoms with E-state index in [1.807, 2.05) is 18.2 Å². The molecule has 3 atom stereocenters. The first-order valence-corrected chi connectivity index (χ1v) is 6.65. The maximum absolute atomic E-state index is 6.45. The highest BCUT2D eigenvalue weighted by molar-refractivity contribution is 6.21. The molecule has 1 aromatic rings. The van der Waals surface area contributed by atoms with Crippen LogP contribution in [-0.4, -0.2) is 36.7 Å². The molecule has 0 N–H and O–H groups in total. The lowest BCUT2D eigenvalue weighted by molar-refractivity contribution is -0.0678. The number of halogens is 1. The molecule has 3 unspecified atom stereocenters. The number of benzene rings is 1. The fourth-order valence-corrected chi connectivity index (χ4v) is 2.77. The molecule has 1 aromatic carbocycles. The predicted octanol–water partition coefficient (Wildman–Crippen LogP) is 3.08. The van der Waals surface area contributed by atoms with Crippen LogP contribution in [0.25, 0.3) is 0 Å². The Hall–Kier alpha value is -0.570. The Morgan fingerprint density at radius 1 is 1.24 bits per heavy atom. The van der Waals surface area contributed by atoms with Crippen LogP contribution < -0.4 is 0 Å². The molecule has 0 aliphatic carbocycles. The van der Waals surface area contributed by atoms with Gasteiger partial charge in [0.15, 0.2) is 0 Å². The molecule has 94 valence electrons. The summed E-state index contributed by atoms with van der Waals surface area (Å²) < 4.78 is 5.72. The topological polar surface area (TPSA) is 12.5 Å². The van der Waals surface area contributed by atoms with Gasteiger partial charge in [-0.3, -0.25) is 4.90 Å². The van der Waals surface area contributed by atoms with E-state index in [9.17, 15) is 0 Å². The second-order valence-corrected chi connectivity index (χ2v) is 5.38. The monoisotopic (exact) mass is 253 g/mol. The summed E-state index contributed by atoms with van der Waals surface area (Å²) in [5, 5.41) is 0.0636. The van der Waals surface area contributed by atoms with E-state index in [-0.39, 0.29) is 5.38 Å². The summed E-state index contributed by atoms with van der Waals surface area (Å²) in [5.74, 6) is 0. The van der Waals surface area contributed by atoms with E-state index < -0.39 is 0 Å². The van der Waals surface area contributed by atoms with Crippen LogP contribution in [0, 0.1) is 0 Å². The first-order chi connectivity index (χ1) is 8.15. The average molecular weight is 254 g/mol. The molecular weight excluding hydrogens is 234 g/mol. The highest BCUT2D eigenvalue weighted by Gasteiger charge is 2.24. The van der Waals surface area contributed by atoms with Gasteiger partial charge in [-0.05, 0) is 19.4 Å². The summed E-state index contributed by atoms with van der Waals surface area (Å²) in [7, 11) is 0. The molecule has 1 fully saturated rings. The number of hydrogen-bond donors (Lipinski definition) is 0. The first kappa shape index (κ1) is 12.9. The van der Waals surface area contributed by atoms with Gasteiger partial charge in [-0.2, -0.15) is 0 Å². The van der Waals surface area contributed by atoms with Crippen molar-refractivity contribution in [1.29, 1.82) is 0 Å². The standard InChI is InChI=1S/C14H20ClNO/c1-11-8-16(9-12(2)17-11)10-14(15)13-6-4-3-5-7-13/h3-7,11-12,14H,8-10H2,1-2H3. The first-order valence-electron chi connectivity index (χ1n) is 6.22. The Kier molecular flexibility index (Phi) is 4.43. The largest absolute Gasteiger partial charge is 0.373 e. The smallest absolute Gasteiger partial charge is 0.0712 e. The summed E-state index contributed by atoms with van der Waals surface area (Å²) in [6.45, 7) is 7.08. The molecule has 2 rings (SSSR count). The van der Waals surface area contributed by atoms with Crippen LogP contribution >= 0.6 is 11.6 Å². The van der Waals surface area contributed by atoms with Gasteiger partial charge in [0.2, 0.25) is 0 Å². The number of alkyl halides is 1. The predicted molar refractivity (Wildman–Crippen MR) is 71.5 cm³/mol. The van der Waals surface area contributed by atoms with Gasteiger partial charge in [-0.1, -0.05) is 30.3 Å². The lowest BCUT2D eigenvalue weighted by Gasteiger charge is -2.36. The van der Waals surface area contributed by atoms with Crippen LogP contribution in [0.2, 0.25) is 0 Å². The zero-order valence-corrected chi connectivity index (χ0v) is 11.2. The van der Waals surface area contributed by atoms with Crippen molar-refractivity contribution < 1.29 is 4.74 Å². The van der Waals surface area contributed by atoms with E-state index in [0.717, 1.165) is 19.6 Å². The quantitative estimate of drug-likeness (QED) is 0.768. The summed E-state index contributed by atoms with van der Waals surface area (Å²) in [6, 6.07) is 10.3. The van der Waals surface area contributed by atoms with Gasteiger partial charge in [0, 0.05) is 19.6 Å². The van der Waals surface area contributed by atoms with E-state index >= 15 is 0 Å². The number of morpholine rings is 1. The zero-order chi connectivity index (χ0) is 12.3. The molecular formula is C14H20ClNO. The molecule has 1 aliphatic rings. The van der Waals surface area contributed by atoms with Crippen molar-refractivity contribution in [3.63, 3.8) is 0 Å². The summed E-state index contributed by atoms with van der Waals surface area (Å²) in [5.41, 5.74) is 1.20. The molecule has 3 heteroatoms. The van der Waals surface area contributed by atoms with Gasteiger partial charge < -0.3 is 4.74 Å². The normalized spacial score (nSPS) is 27.9. The van der Waals surface area contributed by atoms with Crippen LogP contribution in [0.4, 0.5) is 0 Å². The van der Waals surface area contributed by atoms with Crippen LogP contribution in [-0.2, 0) is 4.74 Å². The van der Waals surface area contributed by atoms with Crippen molar-refractivity contribution in [2.45, 2.75) is 31.4 Å². The van der Waals surface area contributed by atoms with Gasteiger partial charge in [0.25, 0.3) is 0 Å². The minimum absolute atomic E-state index is 0.0636. The highest BCUT2D eigenvalue weighted by atomic mass is 35.5. The molecule has 1 heterocycles. The molecule has 17 heavy (non-hydrogen) atoms. The summed E-state index contributed by atoms with van der Waals surface area (Å²) in [4.78, 5) is 2.39. The maximum atomic E-state index is 6.45. The van der Waals surface area contributed by atoms with Gasteiger partial charge in [0.05, 0.1) is 17.6 Å². The van der Waals surface area contributed by atoms with Crippen molar-refractivity contribution in [3.8, 4) is 0 Å².